The Morgan fingerprint density at radius 3 is 2.22 bits per heavy atom. The quantitative estimate of drug-likeness (QED) is 0.265. The molecule has 0 atom stereocenters. The van der Waals surface area contributed by atoms with E-state index in [0.717, 1.165) is 47.9 Å². The highest BCUT2D eigenvalue weighted by Crippen LogP contribution is 2.27. The first kappa shape index (κ1) is 27.1. The summed E-state index contributed by atoms with van der Waals surface area (Å²) in [7, 11) is 0. The van der Waals surface area contributed by atoms with Crippen molar-refractivity contribution in [2.45, 2.75) is 67.2 Å². The van der Waals surface area contributed by atoms with Gasteiger partial charge in [-0.2, -0.15) is 0 Å². The Hall–Kier alpha value is -2.96. The van der Waals surface area contributed by atoms with Crippen LogP contribution in [-0.2, 0) is 6.42 Å². The van der Waals surface area contributed by atoms with Gasteiger partial charge in [-0.3, -0.25) is 20.1 Å². The van der Waals surface area contributed by atoms with Crippen LogP contribution in [0.15, 0.2) is 40.3 Å². The summed E-state index contributed by atoms with van der Waals surface area (Å²) in [4.78, 5) is 18.4. The van der Waals surface area contributed by atoms with Crippen LogP contribution in [0.3, 0.4) is 0 Å². The van der Waals surface area contributed by atoms with E-state index in [1.807, 2.05) is 27.7 Å². The van der Waals surface area contributed by atoms with Crippen LogP contribution in [0.2, 0.25) is 0 Å². The molecule has 0 heterocycles. The first-order valence-corrected chi connectivity index (χ1v) is 10.9. The number of hydrogen-bond acceptors (Lipinski definition) is 4. The Morgan fingerprint density at radius 2 is 1.75 bits per heavy atom. The Balaban J connectivity index is 0.000000272. The lowest BCUT2D eigenvalue weighted by Gasteiger charge is -2.02. The number of halogens is 2. The van der Waals surface area contributed by atoms with E-state index < -0.39 is 16.6 Å². The molecule has 5 nitrogen and oxygen atoms in total. The maximum absolute atomic E-state index is 12.9. The van der Waals surface area contributed by atoms with Crippen molar-refractivity contribution in [3.8, 4) is 0 Å². The molecule has 0 unspecified atom stereocenters. The minimum absolute atomic E-state index is 0.122. The predicted octanol–water partition coefficient (Wildman–Crippen LogP) is 8.07. The third-order valence-electron chi connectivity index (χ3n) is 4.85. The average molecular weight is 446 g/mol. The van der Waals surface area contributed by atoms with E-state index in [0.29, 0.717) is 11.3 Å². The average Bonchev–Trinajstić information content (AvgIpc) is 3.55. The van der Waals surface area contributed by atoms with E-state index in [9.17, 15) is 18.9 Å². The van der Waals surface area contributed by atoms with Gasteiger partial charge in [0.25, 0.3) is 5.69 Å². The van der Waals surface area contributed by atoms with E-state index in [4.69, 9.17) is 0 Å². The van der Waals surface area contributed by atoms with Gasteiger partial charge in [0.05, 0.1) is 16.3 Å². The molecule has 7 heteroatoms. The Labute approximate surface area is 189 Å². The Kier molecular flexibility index (Phi) is 11.4. The number of nitro benzene ring substituents is 1. The fraction of sp³-hybridized carbons (Fsp3) is 0.440. The van der Waals surface area contributed by atoms with Crippen molar-refractivity contribution in [1.82, 2.24) is 0 Å². The molecule has 1 aliphatic rings. The van der Waals surface area contributed by atoms with E-state index in [-0.39, 0.29) is 5.69 Å². The van der Waals surface area contributed by atoms with E-state index >= 15 is 0 Å². The van der Waals surface area contributed by atoms with Crippen molar-refractivity contribution in [2.75, 3.05) is 0 Å². The molecule has 2 aromatic carbocycles. The first-order chi connectivity index (χ1) is 15.1. The van der Waals surface area contributed by atoms with Gasteiger partial charge in [-0.15, -0.1) is 0 Å². The first-order valence-electron chi connectivity index (χ1n) is 10.9. The van der Waals surface area contributed by atoms with E-state index in [1.165, 1.54) is 18.9 Å². The Morgan fingerprint density at radius 1 is 1.16 bits per heavy atom. The molecule has 3 rings (SSSR count). The van der Waals surface area contributed by atoms with Crippen LogP contribution < -0.4 is 0 Å². The van der Waals surface area contributed by atoms with Gasteiger partial charge in [0, 0.05) is 30.1 Å². The zero-order valence-electron chi connectivity index (χ0n) is 19.8. The van der Waals surface area contributed by atoms with Crippen LogP contribution in [-0.4, -0.2) is 16.8 Å². The second-order valence-electron chi connectivity index (χ2n) is 7.75. The van der Waals surface area contributed by atoms with Crippen LogP contribution >= 0.6 is 0 Å². The number of nitro groups is 1. The molecule has 174 valence electrons. The molecule has 1 saturated carbocycles. The molecule has 0 N–H and O–H groups in total. The van der Waals surface area contributed by atoms with Crippen LogP contribution in [0.5, 0.6) is 0 Å². The molecular weight excluding hydrogens is 412 g/mol. The van der Waals surface area contributed by atoms with Gasteiger partial charge in [-0.05, 0) is 62.8 Å². The summed E-state index contributed by atoms with van der Waals surface area (Å²) in [6.45, 7) is 11.6. The van der Waals surface area contributed by atoms with Gasteiger partial charge >= 0.3 is 0 Å². The zero-order chi connectivity index (χ0) is 24.3. The molecule has 0 aromatic heterocycles. The summed E-state index contributed by atoms with van der Waals surface area (Å²) < 4.78 is 25.6. The molecule has 2 aromatic rings. The van der Waals surface area contributed by atoms with Crippen molar-refractivity contribution < 1.29 is 13.7 Å². The molecule has 0 radical (unpaired) electrons. The van der Waals surface area contributed by atoms with Crippen LogP contribution in [0.4, 0.5) is 25.8 Å². The van der Waals surface area contributed by atoms with Gasteiger partial charge in [0.1, 0.15) is 0 Å². The summed E-state index contributed by atoms with van der Waals surface area (Å²) in [5.41, 5.74) is 3.88. The SMILES string of the molecule is CC1CC1.CC=Nc1ccc([N+](=O)[O-])cc1CC.CCC(C)=Nc1cc(F)c(F)cc1C. The maximum atomic E-state index is 12.9. The molecule has 0 bridgehead atoms. The van der Waals surface area contributed by atoms with Crippen LogP contribution in [0, 0.1) is 34.6 Å². The molecule has 0 aliphatic heterocycles. The summed E-state index contributed by atoms with van der Waals surface area (Å²) in [5, 5.41) is 10.5. The summed E-state index contributed by atoms with van der Waals surface area (Å²) in [6, 6.07) is 7.02. The molecule has 32 heavy (non-hydrogen) atoms. The molecule has 1 aliphatic carbocycles. The largest absolute Gasteiger partial charge is 0.269 e. The fourth-order valence-corrected chi connectivity index (χ4v) is 2.44. The predicted molar refractivity (Wildman–Crippen MR) is 129 cm³/mol. The van der Waals surface area contributed by atoms with E-state index in [2.05, 4.69) is 16.9 Å². The highest BCUT2D eigenvalue weighted by Gasteiger charge is 2.12. The normalized spacial score (nSPS) is 13.2. The van der Waals surface area contributed by atoms with E-state index in [1.54, 1.807) is 25.3 Å². The van der Waals surface area contributed by atoms with Crippen molar-refractivity contribution in [3.63, 3.8) is 0 Å². The number of aryl methyl sites for hydroxylation is 2. The lowest BCUT2D eigenvalue weighted by molar-refractivity contribution is -0.384. The number of benzene rings is 2. The fourth-order valence-electron chi connectivity index (χ4n) is 2.44. The summed E-state index contributed by atoms with van der Waals surface area (Å²) in [5.74, 6) is -0.589. The van der Waals surface area contributed by atoms with Gasteiger partial charge in [-0.25, -0.2) is 8.78 Å². The van der Waals surface area contributed by atoms with Crippen LogP contribution in [0.25, 0.3) is 0 Å². The Bertz CT molecular complexity index is 968. The summed E-state index contributed by atoms with van der Waals surface area (Å²) >= 11 is 0. The lowest BCUT2D eigenvalue weighted by Crippen LogP contribution is -1.90. The van der Waals surface area contributed by atoms with Crippen molar-refractivity contribution in [2.24, 2.45) is 15.9 Å². The molecular formula is C25H33F2N3O2. The highest BCUT2D eigenvalue weighted by molar-refractivity contribution is 5.84. The number of non-ortho nitro benzene ring substituents is 1. The number of rotatable bonds is 5. The van der Waals surface area contributed by atoms with Gasteiger partial charge < -0.3 is 0 Å². The standard InChI is InChI=1S/C11H13F2N.C10H12N2O2.C4H8/c1-4-8(3)14-11-6-10(13)9(12)5-7(11)2;1-3-8-7-9(12(13)14)5-6-10(8)11-4-2;1-4-2-3-4/h5-6H,4H2,1-3H3;4-7H,3H2,1-2H3;4H,2-3H2,1H3. The van der Waals surface area contributed by atoms with Gasteiger partial charge in [-0.1, -0.05) is 33.6 Å². The molecule has 0 amide bonds. The van der Waals surface area contributed by atoms with Crippen molar-refractivity contribution in [3.05, 3.63) is 63.2 Å². The second kappa shape index (κ2) is 13.5. The third-order valence-corrected chi connectivity index (χ3v) is 4.85. The van der Waals surface area contributed by atoms with Gasteiger partial charge in [0.2, 0.25) is 0 Å². The maximum Gasteiger partial charge on any atom is 0.269 e. The van der Waals surface area contributed by atoms with Gasteiger partial charge in [0.15, 0.2) is 11.6 Å². The number of nitrogens with zero attached hydrogens (tertiary/aromatic N) is 3. The lowest BCUT2D eigenvalue weighted by atomic mass is 10.1. The smallest absolute Gasteiger partial charge is 0.261 e. The number of hydrogen-bond donors (Lipinski definition) is 0. The van der Waals surface area contributed by atoms with Crippen molar-refractivity contribution >= 4 is 29.0 Å². The minimum Gasteiger partial charge on any atom is -0.261 e. The zero-order valence-corrected chi connectivity index (χ0v) is 19.8. The third kappa shape index (κ3) is 9.45. The second-order valence-corrected chi connectivity index (χ2v) is 7.75. The van der Waals surface area contributed by atoms with Crippen LogP contribution in [0.1, 0.15) is 65.0 Å². The molecule has 0 spiro atoms. The molecule has 0 saturated heterocycles. The number of aliphatic imine (C=N–C) groups is 2. The summed E-state index contributed by atoms with van der Waals surface area (Å²) in [6.07, 6.45) is 6.20. The monoisotopic (exact) mass is 445 g/mol. The van der Waals surface area contributed by atoms with Crippen molar-refractivity contribution in [1.29, 1.82) is 0 Å². The molecule has 1 fully saturated rings. The topological polar surface area (TPSA) is 67.9 Å². The highest BCUT2D eigenvalue weighted by atomic mass is 19.2. The minimum atomic E-state index is -0.849.